The van der Waals surface area contributed by atoms with Crippen LogP contribution in [0.15, 0.2) is 18.3 Å². The first-order valence-electron chi connectivity index (χ1n) is 4.72. The van der Waals surface area contributed by atoms with Gasteiger partial charge in [0.25, 0.3) is 0 Å². The number of aromatic nitrogens is 3. The van der Waals surface area contributed by atoms with E-state index in [2.05, 4.69) is 10.2 Å². The Morgan fingerprint density at radius 3 is 2.93 bits per heavy atom. The van der Waals surface area contributed by atoms with Crippen molar-refractivity contribution in [1.29, 1.82) is 0 Å². The fourth-order valence-electron chi connectivity index (χ4n) is 1.54. The Morgan fingerprint density at radius 1 is 1.43 bits per heavy atom. The van der Waals surface area contributed by atoms with Crippen LogP contribution in [-0.4, -0.2) is 20.6 Å². The smallest absolute Gasteiger partial charge is 0.160 e. The van der Waals surface area contributed by atoms with Gasteiger partial charge in [-0.25, -0.2) is 0 Å². The summed E-state index contributed by atoms with van der Waals surface area (Å²) in [7, 11) is 0. The van der Waals surface area contributed by atoms with Gasteiger partial charge in [0, 0.05) is 12.2 Å². The van der Waals surface area contributed by atoms with Crippen LogP contribution in [0.2, 0.25) is 0 Å². The molecular formula is C10H14N4. The lowest BCUT2D eigenvalue weighted by Crippen LogP contribution is -2.17. The first kappa shape index (κ1) is 9.15. The van der Waals surface area contributed by atoms with Crippen molar-refractivity contribution in [2.75, 3.05) is 0 Å². The van der Waals surface area contributed by atoms with Crippen molar-refractivity contribution < 1.29 is 0 Å². The zero-order valence-electron chi connectivity index (χ0n) is 8.44. The summed E-state index contributed by atoms with van der Waals surface area (Å²) in [5.41, 5.74) is 7.84. The number of pyridine rings is 1. The summed E-state index contributed by atoms with van der Waals surface area (Å²) in [4.78, 5) is 0. The summed E-state index contributed by atoms with van der Waals surface area (Å²) >= 11 is 0. The van der Waals surface area contributed by atoms with Gasteiger partial charge in [-0.15, -0.1) is 10.2 Å². The van der Waals surface area contributed by atoms with Gasteiger partial charge in [-0.1, -0.05) is 6.07 Å². The number of nitrogens with zero attached hydrogens (tertiary/aromatic N) is 3. The molecule has 0 saturated heterocycles. The fourth-order valence-corrected chi connectivity index (χ4v) is 1.54. The van der Waals surface area contributed by atoms with E-state index in [4.69, 9.17) is 5.73 Å². The highest BCUT2D eigenvalue weighted by molar-refractivity contribution is 5.39. The molecule has 1 unspecified atom stereocenters. The van der Waals surface area contributed by atoms with Crippen molar-refractivity contribution in [2.45, 2.75) is 26.3 Å². The number of hydrogen-bond acceptors (Lipinski definition) is 3. The van der Waals surface area contributed by atoms with Crippen molar-refractivity contribution in [3.8, 4) is 0 Å². The third-order valence-electron chi connectivity index (χ3n) is 2.19. The van der Waals surface area contributed by atoms with E-state index in [1.165, 1.54) is 5.56 Å². The molecule has 74 valence electrons. The minimum Gasteiger partial charge on any atom is -0.328 e. The van der Waals surface area contributed by atoms with E-state index in [-0.39, 0.29) is 6.04 Å². The predicted molar refractivity (Wildman–Crippen MR) is 55.1 cm³/mol. The van der Waals surface area contributed by atoms with Crippen molar-refractivity contribution in [3.63, 3.8) is 0 Å². The van der Waals surface area contributed by atoms with Gasteiger partial charge in [0.2, 0.25) is 0 Å². The Labute approximate surface area is 82.8 Å². The fraction of sp³-hybridized carbons (Fsp3) is 0.400. The van der Waals surface area contributed by atoms with Crippen LogP contribution < -0.4 is 5.73 Å². The normalized spacial score (nSPS) is 13.4. The molecule has 0 aliphatic heterocycles. The summed E-state index contributed by atoms with van der Waals surface area (Å²) in [6.45, 7) is 3.94. The summed E-state index contributed by atoms with van der Waals surface area (Å²) < 4.78 is 1.98. The zero-order valence-corrected chi connectivity index (χ0v) is 8.44. The Hall–Kier alpha value is -1.42. The Balaban J connectivity index is 2.44. The van der Waals surface area contributed by atoms with Crippen LogP contribution in [0.1, 0.15) is 18.3 Å². The highest BCUT2D eigenvalue weighted by Crippen LogP contribution is 2.07. The maximum atomic E-state index is 5.74. The molecule has 2 N–H and O–H groups in total. The maximum Gasteiger partial charge on any atom is 0.160 e. The van der Waals surface area contributed by atoms with Crippen LogP contribution in [0.25, 0.3) is 5.65 Å². The van der Waals surface area contributed by atoms with Crippen molar-refractivity contribution in [2.24, 2.45) is 5.73 Å². The van der Waals surface area contributed by atoms with Crippen LogP contribution in [0.4, 0.5) is 0 Å². The first-order chi connectivity index (χ1) is 6.66. The summed E-state index contributed by atoms with van der Waals surface area (Å²) in [5, 5.41) is 8.02. The minimum atomic E-state index is 0.184. The monoisotopic (exact) mass is 190 g/mol. The summed E-state index contributed by atoms with van der Waals surface area (Å²) in [5.74, 6) is 0.909. The number of hydrogen-bond donors (Lipinski definition) is 1. The molecule has 0 amide bonds. The Bertz CT molecular complexity index is 444. The van der Waals surface area contributed by atoms with Gasteiger partial charge >= 0.3 is 0 Å². The van der Waals surface area contributed by atoms with Crippen molar-refractivity contribution in [1.82, 2.24) is 14.6 Å². The number of nitrogens with two attached hydrogens (primary N) is 1. The average Bonchev–Trinajstić information content (AvgIpc) is 2.47. The third-order valence-corrected chi connectivity index (χ3v) is 2.19. The van der Waals surface area contributed by atoms with E-state index in [0.29, 0.717) is 0 Å². The standard InChI is InChI=1S/C10H14N4/c1-7(11)5-9-3-4-10-13-12-8(2)14(10)6-9/h3-4,6-7H,5,11H2,1-2H3. The van der Waals surface area contributed by atoms with E-state index in [9.17, 15) is 0 Å². The second kappa shape index (κ2) is 3.38. The molecule has 0 radical (unpaired) electrons. The molecule has 0 saturated carbocycles. The molecule has 2 rings (SSSR count). The molecule has 0 aliphatic rings. The van der Waals surface area contributed by atoms with E-state index >= 15 is 0 Å². The van der Waals surface area contributed by atoms with E-state index in [1.54, 1.807) is 0 Å². The highest BCUT2D eigenvalue weighted by atomic mass is 15.2. The van der Waals surface area contributed by atoms with E-state index in [1.807, 2.05) is 36.6 Å². The molecule has 4 heteroatoms. The summed E-state index contributed by atoms with van der Waals surface area (Å²) in [6, 6.07) is 4.20. The molecule has 2 heterocycles. The van der Waals surface area contributed by atoms with Crippen LogP contribution in [0.3, 0.4) is 0 Å². The molecule has 0 aromatic carbocycles. The van der Waals surface area contributed by atoms with E-state index in [0.717, 1.165) is 17.9 Å². The van der Waals surface area contributed by atoms with Gasteiger partial charge in [-0.2, -0.15) is 0 Å². The molecular weight excluding hydrogens is 176 g/mol. The second-order valence-corrected chi connectivity index (χ2v) is 3.69. The predicted octanol–water partition coefficient (Wildman–Crippen LogP) is 0.927. The minimum absolute atomic E-state index is 0.184. The van der Waals surface area contributed by atoms with Gasteiger partial charge in [0.1, 0.15) is 5.82 Å². The van der Waals surface area contributed by atoms with Crippen LogP contribution >= 0.6 is 0 Å². The Morgan fingerprint density at radius 2 is 2.21 bits per heavy atom. The molecule has 1 atom stereocenters. The van der Waals surface area contributed by atoms with Crippen LogP contribution in [0.5, 0.6) is 0 Å². The highest BCUT2D eigenvalue weighted by Gasteiger charge is 2.02. The van der Waals surface area contributed by atoms with Gasteiger partial charge in [-0.3, -0.25) is 4.40 Å². The topological polar surface area (TPSA) is 56.2 Å². The van der Waals surface area contributed by atoms with Gasteiger partial charge < -0.3 is 5.73 Å². The molecule has 4 nitrogen and oxygen atoms in total. The van der Waals surface area contributed by atoms with Crippen molar-refractivity contribution >= 4 is 5.65 Å². The molecule has 2 aromatic rings. The van der Waals surface area contributed by atoms with Crippen LogP contribution in [-0.2, 0) is 6.42 Å². The van der Waals surface area contributed by atoms with Crippen molar-refractivity contribution in [3.05, 3.63) is 29.7 Å². The molecule has 14 heavy (non-hydrogen) atoms. The molecule has 2 aromatic heterocycles. The van der Waals surface area contributed by atoms with Gasteiger partial charge in [-0.05, 0) is 31.9 Å². The Kier molecular flexibility index (Phi) is 2.21. The number of aryl methyl sites for hydroxylation is 1. The first-order valence-corrected chi connectivity index (χ1v) is 4.72. The lowest BCUT2D eigenvalue weighted by atomic mass is 10.1. The molecule has 0 spiro atoms. The average molecular weight is 190 g/mol. The van der Waals surface area contributed by atoms with Gasteiger partial charge in [0.15, 0.2) is 5.65 Å². The van der Waals surface area contributed by atoms with Crippen LogP contribution in [0, 0.1) is 6.92 Å². The maximum absolute atomic E-state index is 5.74. The third kappa shape index (κ3) is 1.61. The lowest BCUT2D eigenvalue weighted by molar-refractivity contribution is 0.734. The zero-order chi connectivity index (χ0) is 10.1. The second-order valence-electron chi connectivity index (χ2n) is 3.69. The summed E-state index contributed by atoms with van der Waals surface area (Å²) in [6.07, 6.45) is 2.93. The van der Waals surface area contributed by atoms with Gasteiger partial charge in [0.05, 0.1) is 0 Å². The molecule has 0 bridgehead atoms. The number of fused-ring (bicyclic) bond motifs is 1. The van der Waals surface area contributed by atoms with E-state index < -0.39 is 0 Å². The number of rotatable bonds is 2. The molecule has 0 aliphatic carbocycles. The SMILES string of the molecule is Cc1nnc2ccc(CC(C)N)cn12. The largest absolute Gasteiger partial charge is 0.328 e. The lowest BCUT2D eigenvalue weighted by Gasteiger charge is -2.05. The molecule has 0 fully saturated rings. The quantitative estimate of drug-likeness (QED) is 0.766.